The van der Waals surface area contributed by atoms with Crippen molar-refractivity contribution < 1.29 is 4.39 Å². The summed E-state index contributed by atoms with van der Waals surface area (Å²) in [5, 5.41) is 1.91. The third-order valence-corrected chi connectivity index (χ3v) is 4.18. The number of alkyl halides is 1. The van der Waals surface area contributed by atoms with Crippen LogP contribution >= 0.6 is 38.9 Å². The molecule has 0 amide bonds. The first-order valence-electron chi connectivity index (χ1n) is 4.77. The van der Waals surface area contributed by atoms with Crippen molar-refractivity contribution in [2.75, 3.05) is 0 Å². The summed E-state index contributed by atoms with van der Waals surface area (Å²) in [5.41, 5.74) is 1.99. The maximum atomic E-state index is 13.0. The molecule has 0 saturated carbocycles. The quantitative estimate of drug-likeness (QED) is 0.684. The van der Waals surface area contributed by atoms with Crippen molar-refractivity contribution in [2.45, 2.75) is 11.8 Å². The van der Waals surface area contributed by atoms with Gasteiger partial charge in [0.05, 0.1) is 9.16 Å². The normalized spacial score (nSPS) is 12.7. The Balaban J connectivity index is 2.10. The maximum Gasteiger partial charge on any atom is 0.123 e. The van der Waals surface area contributed by atoms with Crippen LogP contribution in [-0.2, 0) is 6.42 Å². The predicted octanol–water partition coefficient (Wildman–Crippen LogP) is 5.17. The van der Waals surface area contributed by atoms with E-state index in [9.17, 15) is 4.39 Å². The molecule has 0 aliphatic rings. The molecular formula is C12H9BrClFS. The summed E-state index contributed by atoms with van der Waals surface area (Å²) in [5.74, 6) is -0.215. The maximum absolute atomic E-state index is 13.0. The minimum atomic E-state index is -0.215. The van der Waals surface area contributed by atoms with Crippen molar-refractivity contribution >= 4 is 38.9 Å². The zero-order chi connectivity index (χ0) is 11.5. The third-order valence-electron chi connectivity index (χ3n) is 2.25. The zero-order valence-electron chi connectivity index (χ0n) is 8.29. The molecule has 16 heavy (non-hydrogen) atoms. The summed E-state index contributed by atoms with van der Waals surface area (Å²) >= 11 is 11.3. The van der Waals surface area contributed by atoms with Gasteiger partial charge in [-0.25, -0.2) is 4.39 Å². The van der Waals surface area contributed by atoms with Gasteiger partial charge in [-0.05, 0) is 57.1 Å². The highest BCUT2D eigenvalue weighted by Crippen LogP contribution is 2.31. The molecule has 0 fully saturated rings. The molecule has 0 bridgehead atoms. The van der Waals surface area contributed by atoms with Crippen LogP contribution in [0.15, 0.2) is 39.5 Å². The molecule has 0 radical (unpaired) electrons. The first-order chi connectivity index (χ1) is 7.65. The van der Waals surface area contributed by atoms with Crippen molar-refractivity contribution in [3.63, 3.8) is 0 Å². The molecule has 0 nitrogen and oxygen atoms in total. The number of halogens is 3. The van der Waals surface area contributed by atoms with Gasteiger partial charge in [-0.1, -0.05) is 12.1 Å². The van der Waals surface area contributed by atoms with Crippen LogP contribution in [0.25, 0.3) is 0 Å². The summed E-state index contributed by atoms with van der Waals surface area (Å²) in [4.78, 5) is 0. The zero-order valence-corrected chi connectivity index (χ0v) is 11.4. The first kappa shape index (κ1) is 12.1. The molecule has 2 aromatic rings. The van der Waals surface area contributed by atoms with Crippen LogP contribution in [0.3, 0.4) is 0 Å². The van der Waals surface area contributed by atoms with Gasteiger partial charge in [0, 0.05) is 0 Å². The van der Waals surface area contributed by atoms with Gasteiger partial charge in [0.25, 0.3) is 0 Å². The standard InChI is InChI=1S/C12H9BrClFS/c13-12-6-9(7-16-12)11(14)5-8-2-1-3-10(15)4-8/h1-4,6-7,11H,5H2. The molecule has 1 heterocycles. The monoisotopic (exact) mass is 318 g/mol. The van der Waals surface area contributed by atoms with Crippen molar-refractivity contribution in [1.82, 2.24) is 0 Å². The lowest BCUT2D eigenvalue weighted by Gasteiger charge is -2.07. The first-order valence-corrected chi connectivity index (χ1v) is 6.88. The van der Waals surface area contributed by atoms with Crippen molar-refractivity contribution in [3.8, 4) is 0 Å². The van der Waals surface area contributed by atoms with E-state index in [1.165, 1.54) is 12.1 Å². The van der Waals surface area contributed by atoms with E-state index in [4.69, 9.17) is 11.6 Å². The van der Waals surface area contributed by atoms with Gasteiger partial charge in [0.1, 0.15) is 5.82 Å². The van der Waals surface area contributed by atoms with Crippen LogP contribution in [0.4, 0.5) is 4.39 Å². The van der Waals surface area contributed by atoms with Crippen LogP contribution in [0.5, 0.6) is 0 Å². The highest BCUT2D eigenvalue weighted by Gasteiger charge is 2.11. The summed E-state index contributed by atoms with van der Waals surface area (Å²) < 4.78 is 14.0. The Morgan fingerprint density at radius 3 is 2.81 bits per heavy atom. The second-order valence-electron chi connectivity index (χ2n) is 3.49. The van der Waals surface area contributed by atoms with Crippen molar-refractivity contribution in [3.05, 3.63) is 56.4 Å². The summed E-state index contributed by atoms with van der Waals surface area (Å²) in [6, 6.07) is 8.56. The van der Waals surface area contributed by atoms with E-state index in [-0.39, 0.29) is 11.2 Å². The van der Waals surface area contributed by atoms with E-state index < -0.39 is 0 Å². The molecule has 0 saturated heterocycles. The summed E-state index contributed by atoms with van der Waals surface area (Å²) in [6.07, 6.45) is 0.641. The van der Waals surface area contributed by atoms with Gasteiger partial charge in [0.2, 0.25) is 0 Å². The number of hydrogen-bond acceptors (Lipinski definition) is 1. The number of rotatable bonds is 3. The number of thiophene rings is 1. The average molecular weight is 320 g/mol. The number of hydrogen-bond donors (Lipinski definition) is 0. The second kappa shape index (κ2) is 5.30. The van der Waals surface area contributed by atoms with E-state index >= 15 is 0 Å². The van der Waals surface area contributed by atoms with E-state index in [0.29, 0.717) is 6.42 Å². The third kappa shape index (κ3) is 3.06. The lowest BCUT2D eigenvalue weighted by atomic mass is 10.1. The molecule has 4 heteroatoms. The molecule has 1 atom stereocenters. The highest BCUT2D eigenvalue weighted by atomic mass is 79.9. The molecule has 0 N–H and O–H groups in total. The van der Waals surface area contributed by atoms with Gasteiger partial charge < -0.3 is 0 Å². The van der Waals surface area contributed by atoms with Gasteiger partial charge in [-0.3, -0.25) is 0 Å². The van der Waals surface area contributed by atoms with Gasteiger partial charge in [0.15, 0.2) is 0 Å². The summed E-state index contributed by atoms with van der Waals surface area (Å²) in [7, 11) is 0. The van der Waals surface area contributed by atoms with Crippen LogP contribution < -0.4 is 0 Å². The van der Waals surface area contributed by atoms with E-state index in [1.54, 1.807) is 17.4 Å². The Morgan fingerprint density at radius 1 is 1.38 bits per heavy atom. The SMILES string of the molecule is Fc1cccc(CC(Cl)c2csc(Br)c2)c1. The fraction of sp³-hybridized carbons (Fsp3) is 0.167. The minimum absolute atomic E-state index is 0.107. The van der Waals surface area contributed by atoms with Gasteiger partial charge >= 0.3 is 0 Å². The average Bonchev–Trinajstić information content (AvgIpc) is 2.65. The van der Waals surface area contributed by atoms with Crippen LogP contribution in [0.1, 0.15) is 16.5 Å². The molecule has 1 aromatic carbocycles. The Morgan fingerprint density at radius 2 is 2.19 bits per heavy atom. The molecule has 2 rings (SSSR count). The van der Waals surface area contributed by atoms with E-state index in [0.717, 1.165) is 14.9 Å². The van der Waals surface area contributed by atoms with Crippen LogP contribution in [0, 0.1) is 5.82 Å². The molecule has 0 spiro atoms. The van der Waals surface area contributed by atoms with Crippen molar-refractivity contribution in [2.24, 2.45) is 0 Å². The Kier molecular flexibility index (Phi) is 4.00. The molecule has 84 valence electrons. The Bertz CT molecular complexity index is 483. The highest BCUT2D eigenvalue weighted by molar-refractivity contribution is 9.11. The minimum Gasteiger partial charge on any atom is -0.207 e. The lowest BCUT2D eigenvalue weighted by Crippen LogP contribution is -1.94. The molecule has 0 aliphatic carbocycles. The fourth-order valence-electron chi connectivity index (χ4n) is 1.48. The van der Waals surface area contributed by atoms with Gasteiger partial charge in [-0.2, -0.15) is 0 Å². The van der Waals surface area contributed by atoms with Crippen molar-refractivity contribution in [1.29, 1.82) is 0 Å². The van der Waals surface area contributed by atoms with E-state index in [2.05, 4.69) is 15.9 Å². The van der Waals surface area contributed by atoms with Gasteiger partial charge in [-0.15, -0.1) is 22.9 Å². The molecular weight excluding hydrogens is 311 g/mol. The van der Waals surface area contributed by atoms with Crippen LogP contribution in [0.2, 0.25) is 0 Å². The molecule has 1 aromatic heterocycles. The summed E-state index contributed by atoms with van der Waals surface area (Å²) in [6.45, 7) is 0. The Hall–Kier alpha value is -0.380. The number of benzene rings is 1. The van der Waals surface area contributed by atoms with Crippen LogP contribution in [-0.4, -0.2) is 0 Å². The largest absolute Gasteiger partial charge is 0.207 e. The topological polar surface area (TPSA) is 0 Å². The Labute approximate surface area is 111 Å². The van der Waals surface area contributed by atoms with E-state index in [1.807, 2.05) is 17.5 Å². The fourth-order valence-corrected chi connectivity index (χ4v) is 3.09. The molecule has 0 aliphatic heterocycles. The molecule has 1 unspecified atom stereocenters. The second-order valence-corrected chi connectivity index (χ2v) is 6.30. The lowest BCUT2D eigenvalue weighted by molar-refractivity contribution is 0.625. The smallest absolute Gasteiger partial charge is 0.123 e. The predicted molar refractivity (Wildman–Crippen MR) is 70.7 cm³/mol.